The van der Waals surface area contributed by atoms with Crippen LogP contribution in [0, 0.1) is 13.8 Å². The molecule has 0 spiro atoms. The summed E-state index contributed by atoms with van der Waals surface area (Å²) in [4.78, 5) is 10.9. The Morgan fingerprint density at radius 2 is 1.88 bits per heavy atom. The number of hydrazine groups is 1. The first-order chi connectivity index (χ1) is 7.23. The molecule has 16 heavy (non-hydrogen) atoms. The molecule has 0 saturated carbocycles. The highest BCUT2D eigenvalue weighted by molar-refractivity contribution is 5.96. The zero-order chi connectivity index (χ0) is 12.5. The molecule has 1 aromatic rings. The van der Waals surface area contributed by atoms with E-state index in [9.17, 15) is 18.0 Å². The van der Waals surface area contributed by atoms with E-state index in [1.54, 1.807) is 26.0 Å². The van der Waals surface area contributed by atoms with Gasteiger partial charge in [-0.05, 0) is 25.5 Å². The first kappa shape index (κ1) is 12.5. The zero-order valence-electron chi connectivity index (χ0n) is 8.80. The number of nitrogens with two attached hydrogens (primary N) is 1. The van der Waals surface area contributed by atoms with Crippen LogP contribution in [0.3, 0.4) is 0 Å². The van der Waals surface area contributed by atoms with E-state index in [0.29, 0.717) is 5.56 Å². The van der Waals surface area contributed by atoms with Gasteiger partial charge in [0.15, 0.2) is 0 Å². The monoisotopic (exact) mass is 232 g/mol. The van der Waals surface area contributed by atoms with E-state index in [1.807, 2.05) is 0 Å². The van der Waals surface area contributed by atoms with Crippen molar-refractivity contribution in [2.45, 2.75) is 20.0 Å². The molecule has 2 N–H and O–H groups in total. The van der Waals surface area contributed by atoms with Gasteiger partial charge in [-0.25, -0.2) is 10.9 Å². The van der Waals surface area contributed by atoms with E-state index in [0.717, 1.165) is 5.56 Å². The molecule has 3 nitrogen and oxygen atoms in total. The molecule has 0 aliphatic heterocycles. The summed E-state index contributed by atoms with van der Waals surface area (Å²) in [6, 6.07) is 4.62. The van der Waals surface area contributed by atoms with E-state index in [2.05, 4.69) is 0 Å². The van der Waals surface area contributed by atoms with Crippen LogP contribution in [0.2, 0.25) is 0 Å². The number of rotatable bonds is 1. The Morgan fingerprint density at radius 1 is 1.31 bits per heavy atom. The number of hydrogen-bond donors (Lipinski definition) is 1. The smallest absolute Gasteiger partial charge is 0.262 e. The number of anilines is 1. The van der Waals surface area contributed by atoms with Crippen LogP contribution in [0.1, 0.15) is 11.1 Å². The van der Waals surface area contributed by atoms with E-state index in [-0.39, 0.29) is 10.7 Å². The number of amides is 1. The number of carbonyl (C=O) groups excluding carboxylic acids is 1. The number of benzene rings is 1. The lowest BCUT2D eigenvalue weighted by atomic mass is 10.1. The second kappa shape index (κ2) is 4.13. The average Bonchev–Trinajstić information content (AvgIpc) is 2.14. The van der Waals surface area contributed by atoms with Gasteiger partial charge >= 0.3 is 12.1 Å². The fourth-order valence-electron chi connectivity index (χ4n) is 1.32. The molecule has 0 fully saturated rings. The molecule has 1 amide bonds. The third-order valence-electron chi connectivity index (χ3n) is 2.07. The molecule has 6 heteroatoms. The van der Waals surface area contributed by atoms with Crippen molar-refractivity contribution in [3.05, 3.63) is 29.3 Å². The fraction of sp³-hybridized carbons (Fsp3) is 0.300. The minimum atomic E-state index is -4.97. The highest BCUT2D eigenvalue weighted by Gasteiger charge is 2.42. The van der Waals surface area contributed by atoms with Gasteiger partial charge in [0.1, 0.15) is 0 Å². The topological polar surface area (TPSA) is 46.3 Å². The van der Waals surface area contributed by atoms with Crippen molar-refractivity contribution in [3.8, 4) is 0 Å². The van der Waals surface area contributed by atoms with Crippen LogP contribution in [0.25, 0.3) is 0 Å². The molecule has 0 saturated heterocycles. The van der Waals surface area contributed by atoms with Crippen LogP contribution in [-0.2, 0) is 4.79 Å². The molecule has 0 aliphatic rings. The zero-order valence-corrected chi connectivity index (χ0v) is 8.80. The Morgan fingerprint density at radius 3 is 2.31 bits per heavy atom. The summed E-state index contributed by atoms with van der Waals surface area (Å²) in [7, 11) is 0. The van der Waals surface area contributed by atoms with E-state index in [1.165, 1.54) is 6.07 Å². The normalized spacial score (nSPS) is 11.4. The van der Waals surface area contributed by atoms with Gasteiger partial charge < -0.3 is 0 Å². The van der Waals surface area contributed by atoms with Gasteiger partial charge in [-0.3, -0.25) is 4.79 Å². The van der Waals surface area contributed by atoms with Crippen molar-refractivity contribution >= 4 is 11.6 Å². The summed E-state index contributed by atoms with van der Waals surface area (Å²) in [5, 5.41) is 0.120. The molecule has 0 heterocycles. The van der Waals surface area contributed by atoms with Crippen molar-refractivity contribution in [1.29, 1.82) is 0 Å². The summed E-state index contributed by atoms with van der Waals surface area (Å²) in [6.45, 7) is 3.38. The number of hydrogen-bond acceptors (Lipinski definition) is 2. The van der Waals surface area contributed by atoms with Crippen LogP contribution >= 0.6 is 0 Å². The molecule has 0 aromatic heterocycles. The molecule has 1 rings (SSSR count). The van der Waals surface area contributed by atoms with E-state index in [4.69, 9.17) is 5.84 Å². The predicted octanol–water partition coefficient (Wildman–Crippen LogP) is 2.07. The number of nitrogens with zero attached hydrogens (tertiary/aromatic N) is 1. The van der Waals surface area contributed by atoms with Crippen LogP contribution in [0.15, 0.2) is 18.2 Å². The number of alkyl halides is 3. The maximum Gasteiger partial charge on any atom is 0.473 e. The third kappa shape index (κ3) is 2.52. The van der Waals surface area contributed by atoms with Crippen molar-refractivity contribution in [3.63, 3.8) is 0 Å². The maximum atomic E-state index is 12.1. The summed E-state index contributed by atoms with van der Waals surface area (Å²) in [6.07, 6.45) is -4.97. The lowest BCUT2D eigenvalue weighted by Gasteiger charge is -2.20. The Labute approximate surface area is 90.6 Å². The maximum absolute atomic E-state index is 12.1. The van der Waals surface area contributed by atoms with Gasteiger partial charge in [0.2, 0.25) is 0 Å². The Balaban J connectivity index is 3.06. The summed E-state index contributed by atoms with van der Waals surface area (Å²) in [5.41, 5.74) is 1.45. The summed E-state index contributed by atoms with van der Waals surface area (Å²) in [5.74, 6) is 3.06. The minimum absolute atomic E-state index is 0.0490. The van der Waals surface area contributed by atoms with Crippen molar-refractivity contribution < 1.29 is 18.0 Å². The van der Waals surface area contributed by atoms with Gasteiger partial charge in [-0.2, -0.15) is 13.2 Å². The molecule has 88 valence electrons. The molecule has 0 atom stereocenters. The van der Waals surface area contributed by atoms with Gasteiger partial charge in [0.25, 0.3) is 0 Å². The summed E-state index contributed by atoms with van der Waals surface area (Å²) < 4.78 is 36.4. The summed E-state index contributed by atoms with van der Waals surface area (Å²) >= 11 is 0. The molecule has 0 bridgehead atoms. The van der Waals surface area contributed by atoms with E-state index < -0.39 is 12.1 Å². The molecule has 0 radical (unpaired) electrons. The van der Waals surface area contributed by atoms with Gasteiger partial charge in [-0.15, -0.1) is 0 Å². The standard InChI is InChI=1S/C10H11F3N2O/c1-6-3-4-8(7(2)5-6)15(14)9(16)10(11,12)13/h3-5H,14H2,1-2H3. The molecule has 1 aromatic carbocycles. The molecular weight excluding hydrogens is 221 g/mol. The highest BCUT2D eigenvalue weighted by atomic mass is 19.4. The Bertz CT molecular complexity index is 415. The number of halogens is 3. The Hall–Kier alpha value is -1.56. The fourth-order valence-corrected chi connectivity index (χ4v) is 1.32. The SMILES string of the molecule is Cc1ccc(N(N)C(=O)C(F)(F)F)c(C)c1. The number of aryl methyl sites for hydroxylation is 2. The predicted molar refractivity (Wildman–Crippen MR) is 53.6 cm³/mol. The van der Waals surface area contributed by atoms with Crippen molar-refractivity contribution in [1.82, 2.24) is 0 Å². The van der Waals surface area contributed by atoms with Crippen LogP contribution < -0.4 is 10.9 Å². The number of carbonyl (C=O) groups is 1. The third-order valence-corrected chi connectivity index (χ3v) is 2.07. The van der Waals surface area contributed by atoms with Gasteiger partial charge in [-0.1, -0.05) is 17.7 Å². The second-order valence-electron chi connectivity index (χ2n) is 3.46. The first-order valence-corrected chi connectivity index (χ1v) is 4.46. The Kier molecular flexibility index (Phi) is 3.23. The van der Waals surface area contributed by atoms with E-state index >= 15 is 0 Å². The largest absolute Gasteiger partial charge is 0.473 e. The van der Waals surface area contributed by atoms with Crippen LogP contribution in [0.4, 0.5) is 18.9 Å². The van der Waals surface area contributed by atoms with Crippen molar-refractivity contribution in [2.75, 3.05) is 5.01 Å². The van der Waals surface area contributed by atoms with Crippen LogP contribution in [0.5, 0.6) is 0 Å². The van der Waals surface area contributed by atoms with Crippen LogP contribution in [-0.4, -0.2) is 12.1 Å². The van der Waals surface area contributed by atoms with Crippen molar-refractivity contribution in [2.24, 2.45) is 5.84 Å². The lowest BCUT2D eigenvalue weighted by Crippen LogP contribution is -2.46. The lowest BCUT2D eigenvalue weighted by molar-refractivity contribution is -0.170. The molecule has 0 unspecified atom stereocenters. The molecular formula is C10H11F3N2O. The molecule has 0 aliphatic carbocycles. The van der Waals surface area contributed by atoms with Gasteiger partial charge in [0, 0.05) is 0 Å². The second-order valence-corrected chi connectivity index (χ2v) is 3.46. The highest BCUT2D eigenvalue weighted by Crippen LogP contribution is 2.24. The van der Waals surface area contributed by atoms with Gasteiger partial charge in [0.05, 0.1) is 5.69 Å². The average molecular weight is 232 g/mol. The first-order valence-electron chi connectivity index (χ1n) is 4.46. The minimum Gasteiger partial charge on any atom is -0.262 e. The quantitative estimate of drug-likeness (QED) is 0.457.